The summed E-state index contributed by atoms with van der Waals surface area (Å²) >= 11 is 0. The van der Waals surface area contributed by atoms with Gasteiger partial charge >= 0.3 is 0 Å². The zero-order chi connectivity index (χ0) is 9.40. The van der Waals surface area contributed by atoms with Gasteiger partial charge in [-0.25, -0.2) is 0 Å². The molecule has 0 aromatic carbocycles. The van der Waals surface area contributed by atoms with Crippen LogP contribution in [0.4, 0.5) is 0 Å². The molecule has 0 nitrogen and oxygen atoms in total. The van der Waals surface area contributed by atoms with Crippen molar-refractivity contribution in [2.24, 2.45) is 5.92 Å². The minimum atomic E-state index is 0.685. The third-order valence-corrected chi connectivity index (χ3v) is 1.95. The standard InChI is InChI=1S/C12H20/c1-5-8-12(7-3)10-9-11(4)6-2/h5,7-11H,6H2,1-4H3. The first kappa shape index (κ1) is 11.2. The third-order valence-electron chi connectivity index (χ3n) is 1.95. The van der Waals surface area contributed by atoms with Gasteiger partial charge in [-0.2, -0.15) is 0 Å². The van der Waals surface area contributed by atoms with E-state index in [-0.39, 0.29) is 0 Å². The molecular weight excluding hydrogens is 144 g/mol. The minimum Gasteiger partial charge on any atom is -0.0871 e. The molecule has 0 bridgehead atoms. The molecule has 0 aromatic heterocycles. The maximum Gasteiger partial charge on any atom is -0.0261 e. The highest BCUT2D eigenvalue weighted by Gasteiger charge is 1.90. The predicted molar refractivity (Wildman–Crippen MR) is 57.2 cm³/mol. The zero-order valence-corrected chi connectivity index (χ0v) is 8.67. The topological polar surface area (TPSA) is 0 Å². The molecular formula is C12H20. The molecule has 1 unspecified atom stereocenters. The Balaban J connectivity index is 4.11. The summed E-state index contributed by atoms with van der Waals surface area (Å²) in [4.78, 5) is 0. The first-order valence-electron chi connectivity index (χ1n) is 4.71. The lowest BCUT2D eigenvalue weighted by Gasteiger charge is -1.99. The van der Waals surface area contributed by atoms with Gasteiger partial charge in [0.25, 0.3) is 0 Å². The summed E-state index contributed by atoms with van der Waals surface area (Å²) in [6.07, 6.45) is 12.0. The van der Waals surface area contributed by atoms with E-state index in [4.69, 9.17) is 0 Å². The van der Waals surface area contributed by atoms with Crippen molar-refractivity contribution in [2.75, 3.05) is 0 Å². The van der Waals surface area contributed by atoms with Gasteiger partial charge in [-0.3, -0.25) is 0 Å². The molecule has 0 rings (SSSR count). The Bertz CT molecular complexity index is 182. The fourth-order valence-electron chi connectivity index (χ4n) is 0.852. The number of hydrogen-bond acceptors (Lipinski definition) is 0. The van der Waals surface area contributed by atoms with Crippen molar-refractivity contribution in [3.8, 4) is 0 Å². The lowest BCUT2D eigenvalue weighted by atomic mass is 10.1. The van der Waals surface area contributed by atoms with E-state index in [9.17, 15) is 0 Å². The van der Waals surface area contributed by atoms with Gasteiger partial charge in [-0.15, -0.1) is 0 Å². The Labute approximate surface area is 76.7 Å². The van der Waals surface area contributed by atoms with Crippen LogP contribution < -0.4 is 0 Å². The van der Waals surface area contributed by atoms with Gasteiger partial charge in [0.2, 0.25) is 0 Å². The third kappa shape index (κ3) is 4.95. The molecule has 1 atom stereocenters. The second-order valence-corrected chi connectivity index (χ2v) is 3.03. The van der Waals surface area contributed by atoms with E-state index >= 15 is 0 Å². The molecule has 0 fully saturated rings. The molecule has 68 valence electrons. The Morgan fingerprint density at radius 1 is 1.25 bits per heavy atom. The van der Waals surface area contributed by atoms with Gasteiger partial charge in [0, 0.05) is 0 Å². The number of rotatable bonds is 4. The highest BCUT2D eigenvalue weighted by molar-refractivity contribution is 5.29. The molecule has 0 saturated heterocycles. The highest BCUT2D eigenvalue weighted by atomic mass is 14.0. The van der Waals surface area contributed by atoms with Crippen molar-refractivity contribution < 1.29 is 0 Å². The summed E-state index contributed by atoms with van der Waals surface area (Å²) in [6.45, 7) is 8.55. The molecule has 0 spiro atoms. The van der Waals surface area contributed by atoms with Crippen molar-refractivity contribution in [1.82, 2.24) is 0 Å². The average Bonchev–Trinajstić information content (AvgIpc) is 2.11. The maximum absolute atomic E-state index is 2.26. The zero-order valence-electron chi connectivity index (χ0n) is 8.67. The Kier molecular flexibility index (Phi) is 6.45. The van der Waals surface area contributed by atoms with Crippen molar-refractivity contribution in [1.29, 1.82) is 0 Å². The van der Waals surface area contributed by atoms with E-state index in [1.165, 1.54) is 12.0 Å². The second kappa shape index (κ2) is 6.90. The van der Waals surface area contributed by atoms with E-state index in [1.54, 1.807) is 0 Å². The molecule has 0 aliphatic carbocycles. The summed E-state index contributed by atoms with van der Waals surface area (Å²) in [7, 11) is 0. The molecule has 0 heteroatoms. The van der Waals surface area contributed by atoms with Gasteiger partial charge in [-0.1, -0.05) is 50.6 Å². The van der Waals surface area contributed by atoms with Gasteiger partial charge < -0.3 is 0 Å². The highest BCUT2D eigenvalue weighted by Crippen LogP contribution is 2.06. The van der Waals surface area contributed by atoms with E-state index in [1.807, 2.05) is 6.92 Å². The predicted octanol–water partition coefficient (Wildman–Crippen LogP) is 4.11. The van der Waals surface area contributed by atoms with E-state index in [0.717, 1.165) is 0 Å². The van der Waals surface area contributed by atoms with Crippen molar-refractivity contribution in [3.63, 3.8) is 0 Å². The molecule has 0 aromatic rings. The molecule has 0 amide bonds. The van der Waals surface area contributed by atoms with E-state index < -0.39 is 0 Å². The summed E-state index contributed by atoms with van der Waals surface area (Å²) in [6, 6.07) is 0. The van der Waals surface area contributed by atoms with Crippen LogP contribution in [0, 0.1) is 5.92 Å². The molecule has 0 saturated carbocycles. The number of hydrogen-bond donors (Lipinski definition) is 0. The first-order valence-corrected chi connectivity index (χ1v) is 4.71. The summed E-state index contributed by atoms with van der Waals surface area (Å²) < 4.78 is 0. The quantitative estimate of drug-likeness (QED) is 0.548. The summed E-state index contributed by atoms with van der Waals surface area (Å²) in [5.74, 6) is 0.685. The lowest BCUT2D eigenvalue weighted by Crippen LogP contribution is -1.84. The van der Waals surface area contributed by atoms with Crippen LogP contribution in [0.15, 0.2) is 36.0 Å². The molecule has 0 aliphatic heterocycles. The van der Waals surface area contributed by atoms with Crippen LogP contribution in [0.3, 0.4) is 0 Å². The molecule has 0 aliphatic rings. The Morgan fingerprint density at radius 2 is 1.92 bits per heavy atom. The van der Waals surface area contributed by atoms with Crippen LogP contribution in [0.2, 0.25) is 0 Å². The van der Waals surface area contributed by atoms with Crippen LogP contribution in [-0.4, -0.2) is 0 Å². The van der Waals surface area contributed by atoms with Crippen LogP contribution in [0.1, 0.15) is 34.1 Å². The summed E-state index contributed by atoms with van der Waals surface area (Å²) in [5, 5.41) is 0. The fourth-order valence-corrected chi connectivity index (χ4v) is 0.852. The van der Waals surface area contributed by atoms with Gasteiger partial charge in [0.1, 0.15) is 0 Å². The summed E-state index contributed by atoms with van der Waals surface area (Å²) in [5.41, 5.74) is 1.29. The molecule has 12 heavy (non-hydrogen) atoms. The van der Waals surface area contributed by atoms with Gasteiger partial charge in [0.05, 0.1) is 0 Å². The normalized spacial score (nSPS) is 16.2. The number of allylic oxidation sites excluding steroid dienone is 6. The van der Waals surface area contributed by atoms with Crippen molar-refractivity contribution in [2.45, 2.75) is 34.1 Å². The average molecular weight is 164 g/mol. The van der Waals surface area contributed by atoms with Crippen LogP contribution in [0.5, 0.6) is 0 Å². The minimum absolute atomic E-state index is 0.685. The van der Waals surface area contributed by atoms with Crippen LogP contribution in [0.25, 0.3) is 0 Å². The maximum atomic E-state index is 2.26. The molecule has 0 radical (unpaired) electrons. The smallest absolute Gasteiger partial charge is 0.0261 e. The van der Waals surface area contributed by atoms with Crippen molar-refractivity contribution in [3.05, 3.63) is 36.0 Å². The largest absolute Gasteiger partial charge is 0.0871 e. The second-order valence-electron chi connectivity index (χ2n) is 3.03. The van der Waals surface area contributed by atoms with E-state index in [2.05, 4.69) is 51.2 Å². The van der Waals surface area contributed by atoms with E-state index in [0.29, 0.717) is 5.92 Å². The van der Waals surface area contributed by atoms with Gasteiger partial charge in [-0.05, 0) is 25.3 Å². The first-order chi connectivity index (χ1) is 5.74. The lowest BCUT2D eigenvalue weighted by molar-refractivity contribution is 0.698. The van der Waals surface area contributed by atoms with Gasteiger partial charge in [0.15, 0.2) is 0 Å². The Morgan fingerprint density at radius 3 is 2.33 bits per heavy atom. The van der Waals surface area contributed by atoms with Crippen molar-refractivity contribution >= 4 is 0 Å². The van der Waals surface area contributed by atoms with Crippen LogP contribution >= 0.6 is 0 Å². The SMILES string of the molecule is CC=CC(C=CC(C)CC)=CC. The van der Waals surface area contributed by atoms with Crippen LogP contribution in [-0.2, 0) is 0 Å². The fraction of sp³-hybridized carbons (Fsp3) is 0.500. The molecule has 0 heterocycles. The monoisotopic (exact) mass is 164 g/mol. The molecule has 0 N–H and O–H groups in total. The Hall–Kier alpha value is -0.780.